The van der Waals surface area contributed by atoms with Crippen LogP contribution in [0.15, 0.2) is 45.0 Å². The molecule has 2 aliphatic carbocycles. The molecule has 0 aliphatic heterocycles. The van der Waals surface area contributed by atoms with E-state index in [-0.39, 0.29) is 22.1 Å². The van der Waals surface area contributed by atoms with E-state index < -0.39 is 0 Å². The molecule has 0 saturated heterocycles. The number of hydrogen-bond acceptors (Lipinski definition) is 7. The summed E-state index contributed by atoms with van der Waals surface area (Å²) in [6.07, 6.45) is 3.06. The van der Waals surface area contributed by atoms with Crippen LogP contribution in [0.25, 0.3) is 4.85 Å². The van der Waals surface area contributed by atoms with Crippen molar-refractivity contribution in [1.29, 1.82) is 26.3 Å². The molecule has 0 radical (unpaired) electrons. The second-order valence-corrected chi connectivity index (χ2v) is 11.2. The van der Waals surface area contributed by atoms with Gasteiger partial charge in [0.1, 0.15) is 23.8 Å². The predicted octanol–water partition coefficient (Wildman–Crippen LogP) is 5.48. The number of hydrogen-bond donors (Lipinski definition) is 0. The van der Waals surface area contributed by atoms with Gasteiger partial charge < -0.3 is 9.80 Å². The van der Waals surface area contributed by atoms with Crippen molar-refractivity contribution in [1.82, 2.24) is 9.80 Å². The molecule has 0 aromatic heterocycles. The van der Waals surface area contributed by atoms with Crippen molar-refractivity contribution in [2.24, 2.45) is 10.8 Å². The van der Waals surface area contributed by atoms with Gasteiger partial charge in [-0.05, 0) is 48.5 Å². The summed E-state index contributed by atoms with van der Waals surface area (Å²) in [6, 6.07) is 10.3. The molecule has 8 nitrogen and oxygen atoms in total. The van der Waals surface area contributed by atoms with Crippen LogP contribution in [0.1, 0.15) is 59.8 Å². The summed E-state index contributed by atoms with van der Waals surface area (Å²) in [5, 5.41) is 48.1. The highest BCUT2D eigenvalue weighted by molar-refractivity contribution is 5.57. The van der Waals surface area contributed by atoms with Crippen LogP contribution in [0.3, 0.4) is 0 Å². The lowest BCUT2D eigenvalue weighted by atomic mass is 9.72. The minimum atomic E-state index is -0.195. The zero-order valence-electron chi connectivity index (χ0n) is 22.5. The van der Waals surface area contributed by atoms with Crippen molar-refractivity contribution in [2.75, 3.05) is 27.2 Å². The molecule has 37 heavy (non-hydrogen) atoms. The first-order valence-electron chi connectivity index (χ1n) is 12.1. The maximum Gasteiger partial charge on any atom is 0.266 e. The summed E-state index contributed by atoms with van der Waals surface area (Å²) >= 11 is 0. The average molecular weight is 493 g/mol. The molecular weight excluding hydrogens is 460 g/mol. The molecule has 0 N–H and O–H groups in total. The first-order valence-corrected chi connectivity index (χ1v) is 12.1. The molecule has 0 aromatic rings. The molecule has 0 heterocycles. The van der Waals surface area contributed by atoms with Gasteiger partial charge >= 0.3 is 0 Å². The van der Waals surface area contributed by atoms with E-state index in [4.69, 9.17) is 6.57 Å². The van der Waals surface area contributed by atoms with Crippen LogP contribution in [0.5, 0.6) is 0 Å². The summed E-state index contributed by atoms with van der Waals surface area (Å²) in [5.74, 6) is 0. The smallest absolute Gasteiger partial charge is 0.266 e. The highest BCUT2D eigenvalue weighted by atomic mass is 15.1. The van der Waals surface area contributed by atoms with Crippen molar-refractivity contribution in [3.05, 3.63) is 56.4 Å². The van der Waals surface area contributed by atoms with Crippen LogP contribution < -0.4 is 0 Å². The summed E-state index contributed by atoms with van der Waals surface area (Å²) in [6.45, 7) is 16.9. The van der Waals surface area contributed by atoms with Gasteiger partial charge in [-0.2, -0.15) is 21.0 Å². The molecule has 0 fully saturated rings. The molecule has 0 unspecified atom stereocenters. The standard InChI is InChI=1S/C29H32N8/c1-28(2)11-21(20(15-30)16-31)23(17-32)26(13-28)36(6)9-8-10-37(7)27-14-29(3,4)12-22(24(27)18-33)25(19-34)35-5/h8-14H2,1-4,6-7H3/b25-22+. The fraction of sp³-hybridized carbons (Fsp3) is 0.517. The minimum absolute atomic E-state index is 0.00847. The van der Waals surface area contributed by atoms with Gasteiger partial charge in [-0.15, -0.1) is 0 Å². The molecule has 0 aromatic carbocycles. The van der Waals surface area contributed by atoms with Crippen molar-refractivity contribution in [2.45, 2.75) is 59.8 Å². The monoisotopic (exact) mass is 492 g/mol. The average Bonchev–Trinajstić information content (AvgIpc) is 2.83. The van der Waals surface area contributed by atoms with Gasteiger partial charge in [-0.25, -0.2) is 10.1 Å². The van der Waals surface area contributed by atoms with E-state index in [1.54, 1.807) is 0 Å². The minimum Gasteiger partial charge on any atom is -0.377 e. The summed E-state index contributed by atoms with van der Waals surface area (Å²) in [4.78, 5) is 7.43. The normalized spacial score (nSPS) is 19.3. The summed E-state index contributed by atoms with van der Waals surface area (Å²) < 4.78 is 0. The van der Waals surface area contributed by atoms with Gasteiger partial charge in [0.25, 0.3) is 5.70 Å². The Labute approximate surface area is 220 Å². The zero-order valence-corrected chi connectivity index (χ0v) is 22.5. The second-order valence-electron chi connectivity index (χ2n) is 11.2. The van der Waals surface area contributed by atoms with Gasteiger partial charge in [0.15, 0.2) is 0 Å². The van der Waals surface area contributed by atoms with Crippen LogP contribution in [0, 0.1) is 74.1 Å². The largest absolute Gasteiger partial charge is 0.377 e. The van der Waals surface area contributed by atoms with Gasteiger partial charge in [0, 0.05) is 44.2 Å². The van der Waals surface area contributed by atoms with Crippen LogP contribution in [0.4, 0.5) is 0 Å². The van der Waals surface area contributed by atoms with E-state index in [0.717, 1.165) is 17.8 Å². The van der Waals surface area contributed by atoms with Crippen LogP contribution >= 0.6 is 0 Å². The molecule has 0 spiro atoms. The Morgan fingerprint density at radius 2 is 1.19 bits per heavy atom. The van der Waals surface area contributed by atoms with Crippen molar-refractivity contribution in [3.63, 3.8) is 0 Å². The zero-order chi connectivity index (χ0) is 28.0. The fourth-order valence-corrected chi connectivity index (χ4v) is 5.16. The molecule has 0 amide bonds. The molecule has 0 atom stereocenters. The third-order valence-electron chi connectivity index (χ3n) is 6.94. The third kappa shape index (κ3) is 6.39. The number of nitriles is 5. The Kier molecular flexibility index (Phi) is 8.92. The Morgan fingerprint density at radius 1 is 0.757 bits per heavy atom. The Morgan fingerprint density at radius 3 is 1.57 bits per heavy atom. The molecule has 0 bridgehead atoms. The Balaban J connectivity index is 2.33. The fourth-order valence-electron chi connectivity index (χ4n) is 5.16. The molecule has 8 heteroatoms. The number of nitrogens with zero attached hydrogens (tertiary/aromatic N) is 8. The van der Waals surface area contributed by atoms with Crippen LogP contribution in [-0.4, -0.2) is 37.0 Å². The highest BCUT2D eigenvalue weighted by Crippen LogP contribution is 2.45. The Hall–Kier alpha value is -4.50. The van der Waals surface area contributed by atoms with E-state index in [1.165, 1.54) is 0 Å². The Bertz CT molecular complexity index is 1200. The molecule has 188 valence electrons. The second kappa shape index (κ2) is 11.5. The lowest BCUT2D eigenvalue weighted by Crippen LogP contribution is -2.33. The highest BCUT2D eigenvalue weighted by Gasteiger charge is 2.35. The van der Waals surface area contributed by atoms with Crippen molar-refractivity contribution in [3.8, 4) is 30.3 Å². The molecule has 0 saturated carbocycles. The topological polar surface area (TPSA) is 130 Å². The predicted molar refractivity (Wildman–Crippen MR) is 139 cm³/mol. The summed E-state index contributed by atoms with van der Waals surface area (Å²) in [5.41, 5.74) is 3.12. The maximum absolute atomic E-state index is 9.91. The first-order chi connectivity index (χ1) is 17.4. The molecular formula is C29H32N8. The number of rotatable bonds is 6. The van der Waals surface area contributed by atoms with Crippen LogP contribution in [0.2, 0.25) is 0 Å². The molecule has 2 rings (SSSR count). The van der Waals surface area contributed by atoms with Gasteiger partial charge in [0.05, 0.1) is 29.9 Å². The molecule has 2 aliphatic rings. The van der Waals surface area contributed by atoms with Gasteiger partial charge in [0.2, 0.25) is 0 Å². The quantitative estimate of drug-likeness (QED) is 0.354. The number of allylic oxidation sites excluding steroid dienone is 8. The van der Waals surface area contributed by atoms with Crippen LogP contribution in [-0.2, 0) is 0 Å². The van der Waals surface area contributed by atoms with E-state index in [9.17, 15) is 26.3 Å². The van der Waals surface area contributed by atoms with E-state index in [1.807, 2.05) is 42.1 Å². The van der Waals surface area contributed by atoms with Crippen molar-refractivity contribution < 1.29 is 0 Å². The van der Waals surface area contributed by atoms with Crippen molar-refractivity contribution >= 4 is 0 Å². The van der Waals surface area contributed by atoms with E-state index in [0.29, 0.717) is 61.1 Å². The lowest BCUT2D eigenvalue weighted by molar-refractivity contribution is 0.262. The lowest BCUT2D eigenvalue weighted by Gasteiger charge is -2.38. The van der Waals surface area contributed by atoms with E-state index in [2.05, 4.69) is 44.7 Å². The van der Waals surface area contributed by atoms with Gasteiger partial charge in [-0.3, -0.25) is 0 Å². The first kappa shape index (κ1) is 28.7. The maximum atomic E-state index is 9.91. The SMILES string of the molecule is [C-]#[N+]/C(C#N)=C1\CC(C)(C)CC(N(C)CCCN(C)C2=C(C#N)C(=C(C#N)C#N)CC(C)(C)C2)=C1C#N. The van der Waals surface area contributed by atoms with E-state index >= 15 is 0 Å². The summed E-state index contributed by atoms with van der Waals surface area (Å²) in [7, 11) is 3.84. The van der Waals surface area contributed by atoms with Gasteiger partial charge in [-0.1, -0.05) is 27.7 Å². The third-order valence-corrected chi connectivity index (χ3v) is 6.94.